The zero-order chi connectivity index (χ0) is 34.6. The first kappa shape index (κ1) is 30.3. The van der Waals surface area contributed by atoms with Gasteiger partial charge in [0.25, 0.3) is 0 Å². The molecule has 8 aromatic rings. The van der Waals surface area contributed by atoms with Crippen LogP contribution in [0, 0.1) is 11.3 Å². The van der Waals surface area contributed by atoms with Gasteiger partial charge < -0.3 is 0 Å². The maximum atomic E-state index is 9.47. The van der Waals surface area contributed by atoms with E-state index >= 15 is 0 Å². The fourth-order valence-electron chi connectivity index (χ4n) is 8.04. The molecule has 0 amide bonds. The Labute approximate surface area is 307 Å². The Kier molecular flexibility index (Phi) is 7.02. The Morgan fingerprint density at radius 1 is 0.423 bits per heavy atom. The fraction of sp³-hybridized carbons (Fsp3) is 0.0208. The molecule has 0 saturated heterocycles. The van der Waals surface area contributed by atoms with Crippen LogP contribution in [-0.4, -0.2) is 9.97 Å². The summed E-state index contributed by atoms with van der Waals surface area (Å²) in [5.41, 5.74) is 14.7. The van der Waals surface area contributed by atoms with E-state index in [0.717, 1.165) is 39.2 Å². The van der Waals surface area contributed by atoms with E-state index in [1.807, 2.05) is 48.2 Å². The predicted molar refractivity (Wildman–Crippen MR) is 210 cm³/mol. The number of fused-ring (bicyclic) bond motifs is 9. The summed E-state index contributed by atoms with van der Waals surface area (Å²) in [5, 5.41) is 9.47. The molecule has 2 heterocycles. The lowest BCUT2D eigenvalue weighted by atomic mass is 9.67. The summed E-state index contributed by atoms with van der Waals surface area (Å²) < 4.78 is 0. The van der Waals surface area contributed by atoms with Crippen LogP contribution in [0.25, 0.3) is 56.2 Å². The van der Waals surface area contributed by atoms with Crippen molar-refractivity contribution in [2.24, 2.45) is 0 Å². The van der Waals surface area contributed by atoms with Gasteiger partial charge in [-0.05, 0) is 87.0 Å². The van der Waals surface area contributed by atoms with Crippen LogP contribution < -0.4 is 0 Å². The molecule has 3 nitrogen and oxygen atoms in total. The van der Waals surface area contributed by atoms with Crippen LogP contribution in [0.3, 0.4) is 0 Å². The van der Waals surface area contributed by atoms with E-state index in [-0.39, 0.29) is 0 Å². The Morgan fingerprint density at radius 3 is 1.54 bits per heavy atom. The first-order valence-corrected chi connectivity index (χ1v) is 18.2. The molecular weight excluding hydrogens is 651 g/mol. The normalized spacial score (nSPS) is 13.1. The minimum atomic E-state index is -0.556. The Balaban J connectivity index is 1.25. The van der Waals surface area contributed by atoms with Crippen molar-refractivity contribution in [3.63, 3.8) is 0 Å². The average Bonchev–Trinajstić information content (AvgIpc) is 3.50. The molecule has 1 spiro atoms. The molecule has 2 aliphatic rings. The number of nitrogens with zero attached hydrogens (tertiary/aromatic N) is 3. The highest BCUT2D eigenvalue weighted by Gasteiger charge is 2.50. The highest BCUT2D eigenvalue weighted by Crippen LogP contribution is 2.62. The molecular formula is C48H29N3S. The van der Waals surface area contributed by atoms with Crippen LogP contribution in [0.4, 0.5) is 0 Å². The van der Waals surface area contributed by atoms with Crippen LogP contribution in [0.5, 0.6) is 0 Å². The third-order valence-electron chi connectivity index (χ3n) is 10.4. The number of hydrogen-bond acceptors (Lipinski definition) is 4. The molecule has 0 radical (unpaired) electrons. The van der Waals surface area contributed by atoms with E-state index < -0.39 is 5.41 Å². The number of rotatable bonds is 4. The highest BCUT2D eigenvalue weighted by atomic mass is 32.2. The number of hydrogen-bond donors (Lipinski definition) is 0. The van der Waals surface area contributed by atoms with Crippen molar-refractivity contribution in [2.45, 2.75) is 15.2 Å². The standard InChI is InChI=1S/C48H29N3S/c49-30-31-19-21-32(22-20-31)35-23-25-37-38-26-24-36(44-29-43(33-11-3-1-4-12-33)50-47(51-44)34-13-5-2-6-14-34)28-42(38)48(41(37)27-35)39-15-7-9-17-45(39)52-46-18-10-8-16-40(46)48/h1-29H. The van der Waals surface area contributed by atoms with Crippen molar-refractivity contribution in [1.29, 1.82) is 5.26 Å². The van der Waals surface area contributed by atoms with E-state index in [9.17, 15) is 5.26 Å². The smallest absolute Gasteiger partial charge is 0.160 e. The largest absolute Gasteiger partial charge is 0.228 e. The summed E-state index contributed by atoms with van der Waals surface area (Å²) >= 11 is 1.85. The van der Waals surface area contributed by atoms with E-state index in [1.165, 1.54) is 43.2 Å². The molecule has 1 aliphatic carbocycles. The molecule has 0 N–H and O–H groups in total. The van der Waals surface area contributed by atoms with Gasteiger partial charge in [0, 0.05) is 26.5 Å². The van der Waals surface area contributed by atoms with Crippen molar-refractivity contribution in [3.05, 3.63) is 204 Å². The molecule has 0 fully saturated rings. The predicted octanol–water partition coefficient (Wildman–Crippen LogP) is 11.8. The van der Waals surface area contributed by atoms with Gasteiger partial charge in [-0.3, -0.25) is 0 Å². The van der Waals surface area contributed by atoms with Crippen molar-refractivity contribution in [2.75, 3.05) is 0 Å². The lowest BCUT2D eigenvalue weighted by molar-refractivity contribution is 0.723. The highest BCUT2D eigenvalue weighted by molar-refractivity contribution is 7.99. The first-order chi connectivity index (χ1) is 25.7. The quantitative estimate of drug-likeness (QED) is 0.186. The lowest BCUT2D eigenvalue weighted by Crippen LogP contribution is -2.32. The van der Waals surface area contributed by atoms with Crippen molar-refractivity contribution >= 4 is 11.8 Å². The SMILES string of the molecule is N#Cc1ccc(-c2ccc3c(c2)C2(c4ccccc4Sc4ccccc42)c2cc(-c4cc(-c5ccccc5)nc(-c5ccccc5)n4)ccc2-3)cc1. The molecule has 7 aromatic carbocycles. The second-order valence-electron chi connectivity index (χ2n) is 13.2. The van der Waals surface area contributed by atoms with Crippen molar-refractivity contribution in [1.82, 2.24) is 9.97 Å². The summed E-state index contributed by atoms with van der Waals surface area (Å²) in [5.74, 6) is 0.701. The van der Waals surface area contributed by atoms with E-state index in [0.29, 0.717) is 11.4 Å². The molecule has 1 aromatic heterocycles. The third kappa shape index (κ3) is 4.67. The molecule has 242 valence electrons. The van der Waals surface area contributed by atoms with Gasteiger partial charge >= 0.3 is 0 Å². The molecule has 52 heavy (non-hydrogen) atoms. The second-order valence-corrected chi connectivity index (χ2v) is 14.3. The second kappa shape index (κ2) is 12.1. The maximum absolute atomic E-state index is 9.47. The Morgan fingerprint density at radius 2 is 0.923 bits per heavy atom. The molecule has 4 heteroatoms. The van der Waals surface area contributed by atoms with Gasteiger partial charge in [-0.1, -0.05) is 145 Å². The van der Waals surface area contributed by atoms with Gasteiger partial charge in [0.15, 0.2) is 5.82 Å². The number of aromatic nitrogens is 2. The van der Waals surface area contributed by atoms with E-state index in [4.69, 9.17) is 9.97 Å². The molecule has 10 rings (SSSR count). The summed E-state index contributed by atoms with van der Waals surface area (Å²) in [6.07, 6.45) is 0. The van der Waals surface area contributed by atoms with Gasteiger partial charge in [0.1, 0.15) is 0 Å². The van der Waals surface area contributed by atoms with Crippen molar-refractivity contribution in [3.8, 4) is 62.2 Å². The van der Waals surface area contributed by atoms with Crippen LogP contribution in [0.1, 0.15) is 27.8 Å². The summed E-state index contributed by atoms with van der Waals surface area (Å²) in [6.45, 7) is 0. The average molecular weight is 680 g/mol. The molecule has 0 atom stereocenters. The topological polar surface area (TPSA) is 49.6 Å². The minimum Gasteiger partial charge on any atom is -0.228 e. The molecule has 0 unspecified atom stereocenters. The van der Waals surface area contributed by atoms with Gasteiger partial charge in [0.05, 0.1) is 28.4 Å². The van der Waals surface area contributed by atoms with Crippen molar-refractivity contribution < 1.29 is 0 Å². The van der Waals surface area contributed by atoms with E-state index in [1.54, 1.807) is 0 Å². The third-order valence-corrected chi connectivity index (χ3v) is 11.6. The first-order valence-electron chi connectivity index (χ1n) is 17.4. The molecule has 0 bridgehead atoms. The van der Waals surface area contributed by atoms with Gasteiger partial charge in [0.2, 0.25) is 0 Å². The fourth-order valence-corrected chi connectivity index (χ4v) is 9.24. The summed E-state index contributed by atoms with van der Waals surface area (Å²) in [7, 11) is 0. The maximum Gasteiger partial charge on any atom is 0.160 e. The van der Waals surface area contributed by atoms with E-state index in [2.05, 4.69) is 146 Å². The molecule has 1 aliphatic heterocycles. The van der Waals surface area contributed by atoms with Crippen LogP contribution >= 0.6 is 11.8 Å². The zero-order valence-electron chi connectivity index (χ0n) is 28.0. The Bertz CT molecular complexity index is 2610. The van der Waals surface area contributed by atoms with Crippen LogP contribution in [0.15, 0.2) is 186 Å². The number of nitriles is 1. The van der Waals surface area contributed by atoms with Gasteiger partial charge in [-0.15, -0.1) is 0 Å². The van der Waals surface area contributed by atoms with Gasteiger partial charge in [-0.25, -0.2) is 9.97 Å². The van der Waals surface area contributed by atoms with Gasteiger partial charge in [-0.2, -0.15) is 5.26 Å². The zero-order valence-corrected chi connectivity index (χ0v) is 28.8. The van der Waals surface area contributed by atoms with Crippen LogP contribution in [-0.2, 0) is 5.41 Å². The monoisotopic (exact) mass is 679 g/mol. The van der Waals surface area contributed by atoms with Crippen LogP contribution in [0.2, 0.25) is 0 Å². The molecule has 0 saturated carbocycles. The summed E-state index contributed by atoms with van der Waals surface area (Å²) in [4.78, 5) is 12.8. The Hall–Kier alpha value is -6.54. The number of benzene rings is 7. The minimum absolute atomic E-state index is 0.556. The summed E-state index contributed by atoms with van der Waals surface area (Å²) in [6, 6.07) is 64.4. The lowest BCUT2D eigenvalue weighted by Gasteiger charge is -2.40.